The summed E-state index contributed by atoms with van der Waals surface area (Å²) < 4.78 is 5.10. The molecule has 3 nitrogen and oxygen atoms in total. The molecule has 0 amide bonds. The van der Waals surface area contributed by atoms with Crippen molar-refractivity contribution in [3.63, 3.8) is 0 Å². The van der Waals surface area contributed by atoms with Crippen molar-refractivity contribution in [2.45, 2.75) is 31.8 Å². The zero-order chi connectivity index (χ0) is 11.5. The first kappa shape index (κ1) is 11.7. The highest BCUT2D eigenvalue weighted by Crippen LogP contribution is 2.34. The summed E-state index contributed by atoms with van der Waals surface area (Å²) in [4.78, 5) is 2.34. The van der Waals surface area contributed by atoms with Gasteiger partial charge >= 0.3 is 0 Å². The number of nitrogens with one attached hydrogen (secondary N) is 1. The molecule has 0 aromatic carbocycles. The number of hydrogen-bond donors (Lipinski definition) is 1. The van der Waals surface area contributed by atoms with Crippen molar-refractivity contribution in [1.29, 1.82) is 0 Å². The van der Waals surface area contributed by atoms with Crippen molar-refractivity contribution in [3.05, 3.63) is 24.2 Å². The molecule has 0 saturated heterocycles. The Labute approximate surface area is 97.8 Å². The molecule has 1 aliphatic carbocycles. The van der Waals surface area contributed by atoms with Gasteiger partial charge in [-0.25, -0.2) is 0 Å². The molecule has 1 saturated carbocycles. The largest absolute Gasteiger partial charge is 0.472 e. The lowest BCUT2D eigenvalue weighted by molar-refractivity contribution is 0.250. The molecule has 2 atom stereocenters. The van der Waals surface area contributed by atoms with Gasteiger partial charge in [0.1, 0.15) is 0 Å². The molecule has 1 fully saturated rings. The number of rotatable bonds is 6. The summed E-state index contributed by atoms with van der Waals surface area (Å²) >= 11 is 0. The Balaban J connectivity index is 1.81. The first-order chi connectivity index (χ1) is 7.68. The van der Waals surface area contributed by atoms with Gasteiger partial charge in [0.15, 0.2) is 0 Å². The van der Waals surface area contributed by atoms with E-state index in [9.17, 15) is 0 Å². The molecule has 1 N–H and O–H groups in total. The molecule has 1 aliphatic rings. The zero-order valence-corrected chi connectivity index (χ0v) is 10.4. The van der Waals surface area contributed by atoms with Crippen LogP contribution in [-0.4, -0.2) is 31.6 Å². The van der Waals surface area contributed by atoms with Crippen molar-refractivity contribution < 1.29 is 4.42 Å². The van der Waals surface area contributed by atoms with Gasteiger partial charge in [-0.3, -0.25) is 0 Å². The maximum atomic E-state index is 5.10. The van der Waals surface area contributed by atoms with Gasteiger partial charge in [0, 0.05) is 24.2 Å². The lowest BCUT2D eigenvalue weighted by atomic mass is 10.1. The van der Waals surface area contributed by atoms with Crippen LogP contribution in [0.3, 0.4) is 0 Å². The molecule has 1 aromatic rings. The topological polar surface area (TPSA) is 28.4 Å². The number of likely N-dealkylation sites (N-methyl/N-ethyl adjacent to an activating group) is 1. The SMILES string of the molecule is CC(NCC(C1CC1)N(C)C)c1ccoc1. The van der Waals surface area contributed by atoms with Crippen molar-refractivity contribution in [1.82, 2.24) is 10.2 Å². The molecule has 1 aromatic heterocycles. The van der Waals surface area contributed by atoms with Crippen molar-refractivity contribution in [2.75, 3.05) is 20.6 Å². The number of nitrogens with zero attached hydrogens (tertiary/aromatic N) is 1. The van der Waals surface area contributed by atoms with Crippen LogP contribution in [0.5, 0.6) is 0 Å². The minimum Gasteiger partial charge on any atom is -0.472 e. The third-order valence-electron chi connectivity index (χ3n) is 3.51. The second-order valence-electron chi connectivity index (χ2n) is 5.06. The van der Waals surface area contributed by atoms with E-state index in [1.165, 1.54) is 18.4 Å². The molecule has 0 spiro atoms. The van der Waals surface area contributed by atoms with E-state index in [2.05, 4.69) is 31.2 Å². The van der Waals surface area contributed by atoms with Gasteiger partial charge < -0.3 is 14.6 Å². The van der Waals surface area contributed by atoms with Gasteiger partial charge in [-0.1, -0.05) is 0 Å². The monoisotopic (exact) mass is 222 g/mol. The van der Waals surface area contributed by atoms with Gasteiger partial charge in [-0.15, -0.1) is 0 Å². The minimum atomic E-state index is 0.375. The first-order valence-electron chi connectivity index (χ1n) is 6.10. The molecule has 90 valence electrons. The summed E-state index contributed by atoms with van der Waals surface area (Å²) in [6.45, 7) is 3.24. The van der Waals surface area contributed by atoms with Crippen LogP contribution in [0.4, 0.5) is 0 Å². The van der Waals surface area contributed by atoms with Crippen molar-refractivity contribution in [3.8, 4) is 0 Å². The molecule has 3 heteroatoms. The predicted octanol–water partition coefficient (Wildman–Crippen LogP) is 2.27. The van der Waals surface area contributed by atoms with Crippen LogP contribution in [0.25, 0.3) is 0 Å². The summed E-state index contributed by atoms with van der Waals surface area (Å²) in [5, 5.41) is 3.59. The summed E-state index contributed by atoms with van der Waals surface area (Å²) in [7, 11) is 4.35. The van der Waals surface area contributed by atoms with E-state index in [1.54, 1.807) is 6.26 Å². The Morgan fingerprint density at radius 2 is 2.25 bits per heavy atom. The van der Waals surface area contributed by atoms with E-state index in [1.807, 2.05) is 12.3 Å². The third-order valence-corrected chi connectivity index (χ3v) is 3.51. The van der Waals surface area contributed by atoms with Crippen molar-refractivity contribution in [2.24, 2.45) is 5.92 Å². The van der Waals surface area contributed by atoms with Gasteiger partial charge in [0.25, 0.3) is 0 Å². The maximum Gasteiger partial charge on any atom is 0.0950 e. The van der Waals surface area contributed by atoms with Crippen LogP contribution in [0, 0.1) is 5.92 Å². The normalized spacial score (nSPS) is 20.0. The van der Waals surface area contributed by atoms with Crippen LogP contribution in [0.2, 0.25) is 0 Å². The first-order valence-corrected chi connectivity index (χ1v) is 6.10. The van der Waals surface area contributed by atoms with Crippen LogP contribution >= 0.6 is 0 Å². The zero-order valence-electron chi connectivity index (χ0n) is 10.4. The molecule has 0 bridgehead atoms. The second-order valence-corrected chi connectivity index (χ2v) is 5.06. The Morgan fingerprint density at radius 1 is 1.50 bits per heavy atom. The van der Waals surface area contributed by atoms with Crippen LogP contribution in [0.1, 0.15) is 31.4 Å². The van der Waals surface area contributed by atoms with E-state index in [0.29, 0.717) is 12.1 Å². The lowest BCUT2D eigenvalue weighted by Crippen LogP contribution is -2.40. The van der Waals surface area contributed by atoms with Gasteiger partial charge in [-0.2, -0.15) is 0 Å². The Kier molecular flexibility index (Phi) is 3.66. The Hall–Kier alpha value is -0.800. The average Bonchev–Trinajstić information content (AvgIpc) is 2.93. The highest BCUT2D eigenvalue weighted by Gasteiger charge is 2.32. The number of furan rings is 1. The fourth-order valence-electron chi connectivity index (χ4n) is 2.19. The fraction of sp³-hybridized carbons (Fsp3) is 0.692. The predicted molar refractivity (Wildman–Crippen MR) is 65.3 cm³/mol. The van der Waals surface area contributed by atoms with Crippen molar-refractivity contribution >= 4 is 0 Å². The standard InChI is InChI=1S/C13H22N2O/c1-10(12-6-7-16-9-12)14-8-13(15(2)3)11-4-5-11/h6-7,9-11,13-14H,4-5,8H2,1-3H3. The van der Waals surface area contributed by atoms with Crippen LogP contribution in [-0.2, 0) is 0 Å². The van der Waals surface area contributed by atoms with Crippen LogP contribution < -0.4 is 5.32 Å². The second kappa shape index (κ2) is 5.02. The van der Waals surface area contributed by atoms with E-state index in [4.69, 9.17) is 4.42 Å². The maximum absolute atomic E-state index is 5.10. The smallest absolute Gasteiger partial charge is 0.0950 e. The third kappa shape index (κ3) is 2.86. The molecule has 0 aliphatic heterocycles. The summed E-state index contributed by atoms with van der Waals surface area (Å²) in [5.74, 6) is 0.902. The van der Waals surface area contributed by atoms with E-state index in [0.717, 1.165) is 12.5 Å². The van der Waals surface area contributed by atoms with E-state index in [-0.39, 0.29) is 0 Å². The van der Waals surface area contributed by atoms with Crippen LogP contribution in [0.15, 0.2) is 23.0 Å². The highest BCUT2D eigenvalue weighted by atomic mass is 16.3. The highest BCUT2D eigenvalue weighted by molar-refractivity contribution is 5.10. The minimum absolute atomic E-state index is 0.375. The molecule has 2 unspecified atom stereocenters. The molecule has 16 heavy (non-hydrogen) atoms. The van der Waals surface area contributed by atoms with E-state index >= 15 is 0 Å². The number of hydrogen-bond acceptors (Lipinski definition) is 3. The summed E-state index contributed by atoms with van der Waals surface area (Å²) in [6.07, 6.45) is 6.34. The summed E-state index contributed by atoms with van der Waals surface area (Å²) in [5.41, 5.74) is 1.23. The van der Waals surface area contributed by atoms with Gasteiger partial charge in [-0.05, 0) is 45.8 Å². The van der Waals surface area contributed by atoms with E-state index < -0.39 is 0 Å². The summed E-state index contributed by atoms with van der Waals surface area (Å²) in [6, 6.07) is 3.08. The Bertz CT molecular complexity index is 302. The van der Waals surface area contributed by atoms with Gasteiger partial charge in [0.05, 0.1) is 12.5 Å². The molecular formula is C13H22N2O. The Morgan fingerprint density at radius 3 is 2.75 bits per heavy atom. The quantitative estimate of drug-likeness (QED) is 0.800. The molecule has 0 radical (unpaired) electrons. The van der Waals surface area contributed by atoms with Gasteiger partial charge in [0.2, 0.25) is 0 Å². The lowest BCUT2D eigenvalue weighted by Gasteiger charge is -2.26. The molecular weight excluding hydrogens is 200 g/mol. The molecule has 2 rings (SSSR count). The fourth-order valence-corrected chi connectivity index (χ4v) is 2.19. The molecule has 1 heterocycles. The average molecular weight is 222 g/mol.